The maximum absolute atomic E-state index is 12.9. The number of carbonyl (C=O) groups excluding carboxylic acids is 2. The molecule has 222 valence electrons. The van der Waals surface area contributed by atoms with E-state index in [0.29, 0.717) is 46.1 Å². The first-order valence-electron chi connectivity index (χ1n) is 13.3. The molecule has 5 N–H and O–H groups in total. The largest absolute Gasteiger partial charge is 0.493 e. The summed E-state index contributed by atoms with van der Waals surface area (Å²) in [6.45, 7) is 7.80. The Balaban J connectivity index is 1.43. The van der Waals surface area contributed by atoms with Gasteiger partial charge in [-0.05, 0) is 87.6 Å². The quantitative estimate of drug-likeness (QED) is 0.178. The van der Waals surface area contributed by atoms with Crippen molar-refractivity contribution in [2.45, 2.75) is 20.5 Å². The number of allylic oxidation sites excluding steroid dienone is 1. The van der Waals surface area contributed by atoms with E-state index in [4.69, 9.17) is 0 Å². The van der Waals surface area contributed by atoms with E-state index in [0.717, 1.165) is 4.57 Å². The number of carbonyl (C=O) groups is 2. The number of amides is 2. The highest BCUT2D eigenvalue weighted by Gasteiger charge is 2.27. The molecule has 0 aliphatic carbocycles. The average Bonchev–Trinajstić information content (AvgIpc) is 2.97. The summed E-state index contributed by atoms with van der Waals surface area (Å²) in [5, 5.41) is 31.7. The molecule has 1 aromatic heterocycles. The van der Waals surface area contributed by atoms with E-state index in [1.54, 1.807) is 82.5 Å². The summed E-state index contributed by atoms with van der Waals surface area (Å²) >= 11 is 0. The van der Waals surface area contributed by atoms with Crippen LogP contribution in [0.15, 0.2) is 98.6 Å². The molecule has 0 radical (unpaired) electrons. The summed E-state index contributed by atoms with van der Waals surface area (Å²) in [4.78, 5) is 39.4. The molecule has 13 nitrogen and oxygen atoms in total. The van der Waals surface area contributed by atoms with E-state index < -0.39 is 0 Å². The Morgan fingerprint density at radius 1 is 0.953 bits per heavy atom. The number of azo groups is 1. The number of nitrogens with zero attached hydrogens (tertiary/aromatic N) is 5. The first-order chi connectivity index (χ1) is 20.6. The molecule has 1 aliphatic heterocycles. The van der Waals surface area contributed by atoms with Gasteiger partial charge in [0, 0.05) is 23.0 Å². The minimum absolute atomic E-state index is 0.118. The highest BCUT2D eigenvalue weighted by Crippen LogP contribution is 2.30. The topological polar surface area (TPSA) is 165 Å². The SMILES string of the molecule is C=C1C=C(C)C(=NNc2cccc(NC(=O)c3ccc(N=Nc4c(C)cc(=O)n(CNC)c4O)cc3)c2)C(=O)N1CNC. The number of aromatic nitrogens is 1. The third-order valence-electron chi connectivity index (χ3n) is 6.44. The van der Waals surface area contributed by atoms with Crippen LogP contribution in [0, 0.1) is 6.92 Å². The lowest BCUT2D eigenvalue weighted by Crippen LogP contribution is -2.43. The Morgan fingerprint density at radius 3 is 2.35 bits per heavy atom. The minimum Gasteiger partial charge on any atom is -0.493 e. The number of hydrogen-bond donors (Lipinski definition) is 5. The monoisotopic (exact) mass is 583 g/mol. The third-order valence-corrected chi connectivity index (χ3v) is 6.44. The second-order valence-corrected chi connectivity index (χ2v) is 9.70. The summed E-state index contributed by atoms with van der Waals surface area (Å²) in [5.41, 5.74) is 6.66. The fraction of sp³-hybridized carbons (Fsp3) is 0.200. The van der Waals surface area contributed by atoms with Crippen LogP contribution in [0.2, 0.25) is 0 Å². The summed E-state index contributed by atoms with van der Waals surface area (Å²) < 4.78 is 1.15. The lowest BCUT2D eigenvalue weighted by atomic mass is 10.1. The predicted octanol–water partition coefficient (Wildman–Crippen LogP) is 3.95. The molecule has 43 heavy (non-hydrogen) atoms. The zero-order valence-electron chi connectivity index (χ0n) is 24.3. The van der Waals surface area contributed by atoms with Crippen molar-refractivity contribution in [2.75, 3.05) is 31.5 Å². The molecular weight excluding hydrogens is 550 g/mol. The van der Waals surface area contributed by atoms with Crippen LogP contribution < -0.4 is 26.9 Å². The van der Waals surface area contributed by atoms with Gasteiger partial charge in [-0.2, -0.15) is 10.2 Å². The van der Waals surface area contributed by atoms with Gasteiger partial charge in [-0.1, -0.05) is 12.6 Å². The van der Waals surface area contributed by atoms with E-state index in [1.165, 1.54) is 11.0 Å². The van der Waals surface area contributed by atoms with E-state index in [9.17, 15) is 19.5 Å². The van der Waals surface area contributed by atoms with Crippen molar-refractivity contribution >= 4 is 40.3 Å². The third kappa shape index (κ3) is 7.09. The molecule has 0 fully saturated rings. The van der Waals surface area contributed by atoms with Crippen LogP contribution >= 0.6 is 0 Å². The number of aromatic hydroxyl groups is 1. The summed E-state index contributed by atoms with van der Waals surface area (Å²) in [7, 11) is 3.40. The molecule has 0 atom stereocenters. The number of hydrazone groups is 1. The normalized spacial score (nSPS) is 14.4. The Labute approximate surface area is 248 Å². The van der Waals surface area contributed by atoms with Crippen molar-refractivity contribution in [1.82, 2.24) is 20.1 Å². The Hall–Kier alpha value is -5.40. The molecule has 0 spiro atoms. The standard InChI is InChI=1S/C30H33N9O4/c1-18-13-20(3)38(16-31-4)29(42)26(18)37-35-24-8-6-7-23(15-24)33-28(41)21-9-11-22(12-10-21)34-36-27-19(2)14-25(40)39(17-32-5)30(27)43/h6-15,31-32,35,43H,3,16-17H2,1-2,4-5H3,(H,33,41). The predicted molar refractivity (Wildman–Crippen MR) is 166 cm³/mol. The zero-order chi connectivity index (χ0) is 31.1. The van der Waals surface area contributed by atoms with Gasteiger partial charge in [-0.3, -0.25) is 29.3 Å². The van der Waals surface area contributed by atoms with Gasteiger partial charge in [0.25, 0.3) is 17.4 Å². The number of pyridine rings is 1. The fourth-order valence-electron chi connectivity index (χ4n) is 4.24. The number of hydrogen-bond acceptors (Lipinski definition) is 10. The number of aryl methyl sites for hydroxylation is 1. The number of benzene rings is 2. The summed E-state index contributed by atoms with van der Waals surface area (Å²) in [6, 6.07) is 14.7. The highest BCUT2D eigenvalue weighted by atomic mass is 16.3. The molecule has 0 unspecified atom stereocenters. The fourth-order valence-corrected chi connectivity index (χ4v) is 4.24. The van der Waals surface area contributed by atoms with Crippen LogP contribution in [0.25, 0.3) is 0 Å². The van der Waals surface area contributed by atoms with Gasteiger partial charge in [0.2, 0.25) is 5.88 Å². The summed E-state index contributed by atoms with van der Waals surface area (Å²) in [6.07, 6.45) is 1.79. The van der Waals surface area contributed by atoms with Gasteiger partial charge < -0.3 is 21.1 Å². The van der Waals surface area contributed by atoms with Gasteiger partial charge in [-0.15, -0.1) is 5.11 Å². The van der Waals surface area contributed by atoms with Crippen LogP contribution in [-0.4, -0.2) is 52.9 Å². The van der Waals surface area contributed by atoms with E-state index >= 15 is 0 Å². The number of rotatable bonds is 10. The second kappa shape index (κ2) is 13.5. The van der Waals surface area contributed by atoms with Crippen molar-refractivity contribution in [3.05, 3.63) is 100 Å². The van der Waals surface area contributed by atoms with Gasteiger partial charge in [0.05, 0.1) is 24.7 Å². The molecule has 4 rings (SSSR count). The first kappa shape index (κ1) is 30.6. The second-order valence-electron chi connectivity index (χ2n) is 9.70. The highest BCUT2D eigenvalue weighted by molar-refractivity contribution is 6.46. The molecule has 13 heteroatoms. The molecule has 2 aromatic carbocycles. The maximum Gasteiger partial charge on any atom is 0.280 e. The molecule has 1 aliphatic rings. The van der Waals surface area contributed by atoms with E-state index in [1.807, 2.05) is 0 Å². The van der Waals surface area contributed by atoms with E-state index in [-0.39, 0.29) is 41.3 Å². The minimum atomic E-state index is -0.358. The van der Waals surface area contributed by atoms with Crippen molar-refractivity contribution in [2.24, 2.45) is 15.3 Å². The van der Waals surface area contributed by atoms with Crippen LogP contribution in [0.4, 0.5) is 22.7 Å². The van der Waals surface area contributed by atoms with Crippen molar-refractivity contribution < 1.29 is 14.7 Å². The Bertz CT molecular complexity index is 1710. The first-order valence-corrected chi connectivity index (χ1v) is 13.3. The Kier molecular flexibility index (Phi) is 9.60. The van der Waals surface area contributed by atoms with Crippen LogP contribution in [0.5, 0.6) is 5.88 Å². The summed E-state index contributed by atoms with van der Waals surface area (Å²) in [5.74, 6) is -0.910. The molecule has 0 bridgehead atoms. The van der Waals surface area contributed by atoms with Crippen molar-refractivity contribution in [1.29, 1.82) is 0 Å². The van der Waals surface area contributed by atoms with Gasteiger partial charge in [-0.25, -0.2) is 0 Å². The number of anilines is 2. The van der Waals surface area contributed by atoms with Crippen LogP contribution in [0.3, 0.4) is 0 Å². The van der Waals surface area contributed by atoms with Gasteiger partial charge in [0.1, 0.15) is 5.69 Å². The van der Waals surface area contributed by atoms with Gasteiger partial charge in [0.15, 0.2) is 5.71 Å². The molecular formula is C30H33N9O4. The zero-order valence-corrected chi connectivity index (χ0v) is 24.3. The maximum atomic E-state index is 12.9. The van der Waals surface area contributed by atoms with Crippen molar-refractivity contribution in [3.63, 3.8) is 0 Å². The molecule has 3 aromatic rings. The van der Waals surface area contributed by atoms with Crippen molar-refractivity contribution in [3.8, 4) is 5.88 Å². The average molecular weight is 584 g/mol. The van der Waals surface area contributed by atoms with E-state index in [2.05, 4.69) is 43.3 Å². The molecule has 2 heterocycles. The lowest BCUT2D eigenvalue weighted by molar-refractivity contribution is -0.122. The molecule has 0 saturated heterocycles. The van der Waals surface area contributed by atoms with Crippen LogP contribution in [0.1, 0.15) is 22.8 Å². The Morgan fingerprint density at radius 2 is 1.65 bits per heavy atom. The van der Waals surface area contributed by atoms with Crippen LogP contribution in [-0.2, 0) is 11.5 Å². The van der Waals surface area contributed by atoms with Gasteiger partial charge >= 0.3 is 0 Å². The molecule has 0 saturated carbocycles. The smallest absolute Gasteiger partial charge is 0.280 e. The molecule has 2 amide bonds. The lowest BCUT2D eigenvalue weighted by Gasteiger charge is -2.27. The number of nitrogens with one attached hydrogen (secondary N) is 4.